The van der Waals surface area contributed by atoms with Gasteiger partial charge in [0, 0.05) is 5.56 Å². The van der Waals surface area contributed by atoms with Crippen LogP contribution in [0.4, 0.5) is 4.39 Å². The summed E-state index contributed by atoms with van der Waals surface area (Å²) in [4.78, 5) is 0. The van der Waals surface area contributed by atoms with Crippen LogP contribution in [-0.4, -0.2) is 6.54 Å². The summed E-state index contributed by atoms with van der Waals surface area (Å²) in [6.07, 6.45) is 0.393. The lowest BCUT2D eigenvalue weighted by Crippen LogP contribution is -2.04. The summed E-state index contributed by atoms with van der Waals surface area (Å²) in [6, 6.07) is 4.49. The molecule has 2 rings (SSSR count). The Morgan fingerprint density at radius 1 is 0.857 bits per heavy atom. The number of hydrogen-bond donors (Lipinski definition) is 1. The molecule has 112 valence electrons. The van der Waals surface area contributed by atoms with E-state index in [4.69, 9.17) is 63.7 Å². The van der Waals surface area contributed by atoms with Crippen molar-refractivity contribution >= 4 is 58.0 Å². The summed E-state index contributed by atoms with van der Waals surface area (Å²) in [6.45, 7) is 0.323. The maximum Gasteiger partial charge on any atom is 0.126 e. The molecule has 2 N–H and O–H groups in total. The highest BCUT2D eigenvalue weighted by Gasteiger charge is 2.21. The van der Waals surface area contributed by atoms with Crippen LogP contribution in [0.15, 0.2) is 18.2 Å². The van der Waals surface area contributed by atoms with Gasteiger partial charge >= 0.3 is 0 Å². The van der Waals surface area contributed by atoms with Crippen molar-refractivity contribution in [1.82, 2.24) is 0 Å². The summed E-state index contributed by atoms with van der Waals surface area (Å²) in [5, 5.41) is 0.629. The van der Waals surface area contributed by atoms with E-state index in [0.29, 0.717) is 29.7 Å². The predicted octanol–water partition coefficient (Wildman–Crippen LogP) is 6.26. The molecule has 0 fully saturated rings. The summed E-state index contributed by atoms with van der Waals surface area (Å²) in [5.41, 5.74) is 6.94. The summed E-state index contributed by atoms with van der Waals surface area (Å²) < 4.78 is 13.7. The van der Waals surface area contributed by atoms with E-state index in [1.54, 1.807) is 12.1 Å². The molecule has 0 spiro atoms. The van der Waals surface area contributed by atoms with E-state index in [0.717, 1.165) is 0 Å². The van der Waals surface area contributed by atoms with Crippen LogP contribution < -0.4 is 5.73 Å². The van der Waals surface area contributed by atoms with E-state index >= 15 is 0 Å². The normalized spacial score (nSPS) is 11.0. The molecule has 1 nitrogen and oxygen atoms in total. The minimum atomic E-state index is -0.345. The molecular weight excluding hydrogens is 378 g/mol. The first kappa shape index (κ1) is 17.1. The van der Waals surface area contributed by atoms with Gasteiger partial charge in [0.25, 0.3) is 0 Å². The predicted molar refractivity (Wildman–Crippen MR) is 89.6 cm³/mol. The van der Waals surface area contributed by atoms with Gasteiger partial charge in [-0.15, -0.1) is 0 Å². The number of hydrogen-bond acceptors (Lipinski definition) is 1. The second kappa shape index (κ2) is 6.91. The number of benzene rings is 2. The third-order valence-corrected chi connectivity index (χ3v) is 5.23. The van der Waals surface area contributed by atoms with Crippen LogP contribution in [0, 0.1) is 5.82 Å². The molecule has 0 saturated heterocycles. The van der Waals surface area contributed by atoms with E-state index in [2.05, 4.69) is 0 Å². The van der Waals surface area contributed by atoms with Gasteiger partial charge in [-0.05, 0) is 36.2 Å². The summed E-state index contributed by atoms with van der Waals surface area (Å²) in [5.74, 6) is -0.345. The van der Waals surface area contributed by atoms with Crippen molar-refractivity contribution in [2.24, 2.45) is 5.73 Å². The Morgan fingerprint density at radius 3 is 1.90 bits per heavy atom. The van der Waals surface area contributed by atoms with Gasteiger partial charge in [0.1, 0.15) is 5.82 Å². The monoisotopic (exact) mass is 385 g/mol. The second-order valence-corrected chi connectivity index (χ2v) is 6.18. The third-order valence-electron chi connectivity index (χ3n) is 2.96. The topological polar surface area (TPSA) is 26.0 Å². The third kappa shape index (κ3) is 3.26. The molecule has 0 atom stereocenters. The first-order valence-corrected chi connectivity index (χ1v) is 7.77. The van der Waals surface area contributed by atoms with E-state index < -0.39 is 0 Å². The molecule has 0 radical (unpaired) electrons. The molecule has 0 aliphatic heterocycles. The van der Waals surface area contributed by atoms with Gasteiger partial charge in [0.05, 0.1) is 25.1 Å². The molecule has 0 aromatic heterocycles. The average molecular weight is 387 g/mol. The van der Waals surface area contributed by atoms with Crippen molar-refractivity contribution in [3.8, 4) is 11.1 Å². The van der Waals surface area contributed by atoms with Crippen molar-refractivity contribution < 1.29 is 4.39 Å². The minimum Gasteiger partial charge on any atom is -0.330 e. The zero-order valence-corrected chi connectivity index (χ0v) is 14.3. The number of rotatable bonds is 3. The van der Waals surface area contributed by atoms with E-state index in [-0.39, 0.29) is 30.9 Å². The molecular formula is C14H9Cl5FN. The fourth-order valence-electron chi connectivity index (χ4n) is 1.94. The Kier molecular flexibility index (Phi) is 5.64. The maximum atomic E-state index is 13.7. The number of halogens is 6. The van der Waals surface area contributed by atoms with Gasteiger partial charge in [0.2, 0.25) is 0 Å². The molecule has 0 amide bonds. The fraction of sp³-hybridized carbons (Fsp3) is 0.143. The highest BCUT2D eigenvalue weighted by molar-refractivity contribution is 6.56. The highest BCUT2D eigenvalue weighted by atomic mass is 35.5. The van der Waals surface area contributed by atoms with Crippen LogP contribution in [0.1, 0.15) is 5.56 Å². The molecule has 2 aromatic rings. The second-order valence-electron chi connectivity index (χ2n) is 4.29. The van der Waals surface area contributed by atoms with Gasteiger partial charge in [-0.3, -0.25) is 0 Å². The van der Waals surface area contributed by atoms with E-state index in [1.165, 1.54) is 6.07 Å². The fourth-order valence-corrected chi connectivity index (χ4v) is 3.29. The molecule has 0 bridgehead atoms. The molecule has 21 heavy (non-hydrogen) atoms. The van der Waals surface area contributed by atoms with Gasteiger partial charge in [0.15, 0.2) is 0 Å². The maximum absolute atomic E-state index is 13.7. The van der Waals surface area contributed by atoms with Crippen LogP contribution >= 0.6 is 58.0 Å². The molecule has 0 saturated carbocycles. The Labute approximate surface area is 146 Å². The summed E-state index contributed by atoms with van der Waals surface area (Å²) in [7, 11) is 0. The Morgan fingerprint density at radius 2 is 1.38 bits per heavy atom. The lowest BCUT2D eigenvalue weighted by Gasteiger charge is -2.14. The molecule has 0 aliphatic carbocycles. The zero-order chi connectivity index (χ0) is 15.7. The average Bonchev–Trinajstić information content (AvgIpc) is 2.47. The highest BCUT2D eigenvalue weighted by Crippen LogP contribution is 2.48. The molecule has 0 heterocycles. The molecule has 0 unspecified atom stereocenters. The SMILES string of the molecule is NCCc1cc(-c2c(Cl)c(Cl)c(Cl)c(Cl)c2Cl)ccc1F. The van der Waals surface area contributed by atoms with E-state index in [1.807, 2.05) is 0 Å². The van der Waals surface area contributed by atoms with Crippen molar-refractivity contribution in [3.63, 3.8) is 0 Å². The van der Waals surface area contributed by atoms with Crippen molar-refractivity contribution in [2.45, 2.75) is 6.42 Å². The lowest BCUT2D eigenvalue weighted by molar-refractivity contribution is 0.610. The molecule has 0 aliphatic rings. The zero-order valence-electron chi connectivity index (χ0n) is 10.5. The van der Waals surface area contributed by atoms with Crippen molar-refractivity contribution in [3.05, 3.63) is 54.7 Å². The quantitative estimate of drug-likeness (QED) is 0.488. The minimum absolute atomic E-state index is 0.0846. The molecule has 7 heteroatoms. The Bertz CT molecular complexity index is 673. The van der Waals surface area contributed by atoms with Crippen LogP contribution in [0.25, 0.3) is 11.1 Å². The van der Waals surface area contributed by atoms with Gasteiger partial charge in [-0.2, -0.15) is 0 Å². The van der Waals surface area contributed by atoms with Gasteiger partial charge in [-0.25, -0.2) is 4.39 Å². The Hall–Kier alpha value is -0.220. The largest absolute Gasteiger partial charge is 0.330 e. The number of nitrogens with two attached hydrogens (primary N) is 1. The summed E-state index contributed by atoms with van der Waals surface area (Å²) >= 11 is 30.4. The van der Waals surface area contributed by atoms with Gasteiger partial charge in [-0.1, -0.05) is 64.1 Å². The van der Waals surface area contributed by atoms with Crippen LogP contribution in [0.3, 0.4) is 0 Å². The first-order chi connectivity index (χ1) is 9.88. The molecule has 2 aromatic carbocycles. The standard InChI is InChI=1S/C14H9Cl5FN/c15-10-9(11(16)13(18)14(19)12(10)17)7-1-2-8(20)6(5-7)3-4-21/h1-2,5H,3-4,21H2. The van der Waals surface area contributed by atoms with E-state index in [9.17, 15) is 4.39 Å². The van der Waals surface area contributed by atoms with Crippen LogP contribution in [0.2, 0.25) is 25.1 Å². The van der Waals surface area contributed by atoms with Crippen molar-refractivity contribution in [1.29, 1.82) is 0 Å². The van der Waals surface area contributed by atoms with Crippen LogP contribution in [-0.2, 0) is 6.42 Å². The van der Waals surface area contributed by atoms with Gasteiger partial charge < -0.3 is 5.73 Å². The smallest absolute Gasteiger partial charge is 0.126 e. The van der Waals surface area contributed by atoms with Crippen molar-refractivity contribution in [2.75, 3.05) is 6.54 Å². The first-order valence-electron chi connectivity index (χ1n) is 5.88. The van der Waals surface area contributed by atoms with Crippen LogP contribution in [0.5, 0.6) is 0 Å². The lowest BCUT2D eigenvalue weighted by atomic mass is 10.0. The Balaban J connectivity index is 2.70.